The van der Waals surface area contributed by atoms with E-state index in [1.54, 1.807) is 0 Å². The summed E-state index contributed by atoms with van der Waals surface area (Å²) in [5.41, 5.74) is 1.04. The van der Waals surface area contributed by atoms with Crippen LogP contribution in [0.5, 0.6) is 0 Å². The van der Waals surface area contributed by atoms with Crippen LogP contribution in [0.1, 0.15) is 32.5 Å². The van der Waals surface area contributed by atoms with Crippen molar-refractivity contribution in [2.24, 2.45) is 4.99 Å². The van der Waals surface area contributed by atoms with Crippen LogP contribution >= 0.6 is 0 Å². The Hall–Kier alpha value is -1.43. The summed E-state index contributed by atoms with van der Waals surface area (Å²) in [6, 6.07) is 10.5. The Balaban J connectivity index is 1.87. The first-order valence-electron chi connectivity index (χ1n) is 7.60. The summed E-state index contributed by atoms with van der Waals surface area (Å²) in [6.07, 6.45) is -0.0788. The Kier molecular flexibility index (Phi) is 3.97. The molecule has 21 heavy (non-hydrogen) atoms. The highest BCUT2D eigenvalue weighted by atomic mass is 16.7. The topological polar surface area (TPSA) is 48.9 Å². The van der Waals surface area contributed by atoms with E-state index in [-0.39, 0.29) is 17.7 Å². The lowest BCUT2D eigenvalue weighted by Crippen LogP contribution is -2.53. The van der Waals surface area contributed by atoms with Crippen molar-refractivity contribution in [1.29, 1.82) is 0 Å². The molecule has 0 saturated carbocycles. The lowest BCUT2D eigenvalue weighted by molar-refractivity contribution is -0.153. The highest BCUT2D eigenvalue weighted by Crippen LogP contribution is 2.34. The van der Waals surface area contributed by atoms with E-state index in [2.05, 4.69) is 43.5 Å². The van der Waals surface area contributed by atoms with E-state index in [0.29, 0.717) is 0 Å². The Morgan fingerprint density at radius 1 is 1.19 bits per heavy atom. The first-order chi connectivity index (χ1) is 10.1. The Bertz CT molecular complexity index is 503. The molecule has 0 radical (unpaired) electrons. The van der Waals surface area contributed by atoms with Gasteiger partial charge in [-0.05, 0) is 26.3 Å². The van der Waals surface area contributed by atoms with Gasteiger partial charge < -0.3 is 15.5 Å². The third-order valence-corrected chi connectivity index (χ3v) is 3.76. The molecular weight excluding hydrogens is 264 g/mol. The van der Waals surface area contributed by atoms with Crippen molar-refractivity contribution < 1.29 is 4.84 Å². The van der Waals surface area contributed by atoms with E-state index in [4.69, 9.17) is 9.83 Å². The van der Waals surface area contributed by atoms with Crippen LogP contribution in [0.2, 0.25) is 0 Å². The van der Waals surface area contributed by atoms with Crippen molar-refractivity contribution in [2.75, 3.05) is 19.6 Å². The maximum absolute atomic E-state index is 6.11. The van der Waals surface area contributed by atoms with Gasteiger partial charge in [0.1, 0.15) is 0 Å². The van der Waals surface area contributed by atoms with Crippen LogP contribution in [0, 0.1) is 0 Å². The summed E-state index contributed by atoms with van der Waals surface area (Å²) in [5.74, 6) is 0.783. The third-order valence-electron chi connectivity index (χ3n) is 3.76. The van der Waals surface area contributed by atoms with Crippen LogP contribution in [0.25, 0.3) is 0 Å². The molecule has 1 aromatic rings. The van der Waals surface area contributed by atoms with Crippen molar-refractivity contribution in [2.45, 2.75) is 38.5 Å². The molecule has 114 valence electrons. The fraction of sp³-hybridized carbons (Fsp3) is 0.562. The second-order valence-corrected chi connectivity index (χ2v) is 6.55. The number of aliphatic imine (C=N–C) groups is 1. The van der Waals surface area contributed by atoms with E-state index in [0.717, 1.165) is 31.1 Å². The Labute approximate surface area is 126 Å². The molecule has 2 atom stereocenters. The molecule has 0 aromatic heterocycles. The minimum Gasteiger partial charge on any atom is -0.386 e. The predicted molar refractivity (Wildman–Crippen MR) is 84.0 cm³/mol. The average molecular weight is 288 g/mol. The van der Waals surface area contributed by atoms with Crippen molar-refractivity contribution in [1.82, 2.24) is 15.7 Å². The lowest BCUT2D eigenvalue weighted by Gasteiger charge is -2.34. The molecule has 5 nitrogen and oxygen atoms in total. The number of nitrogens with one attached hydrogen (secondary N) is 2. The maximum Gasteiger partial charge on any atom is 0.230 e. The van der Waals surface area contributed by atoms with Crippen LogP contribution in [-0.4, -0.2) is 42.2 Å². The van der Waals surface area contributed by atoms with E-state index < -0.39 is 0 Å². The van der Waals surface area contributed by atoms with Crippen molar-refractivity contribution in [3.63, 3.8) is 0 Å². The standard InChI is InChI=1S/C16H24N4O/c1-16(2,3)20-14(12-7-5-4-6-8-12)19-15(21-20)13-11-17-9-10-18-13/h4-8,13-14,17-18H,9-11H2,1-3H3. The molecular formula is C16H24N4O. The molecule has 2 heterocycles. The molecule has 1 saturated heterocycles. The van der Waals surface area contributed by atoms with Crippen LogP contribution in [0.15, 0.2) is 35.3 Å². The number of rotatable bonds is 2. The van der Waals surface area contributed by atoms with Crippen LogP contribution in [-0.2, 0) is 4.84 Å². The number of benzene rings is 1. The molecule has 3 rings (SSSR count). The summed E-state index contributed by atoms with van der Waals surface area (Å²) in [5, 5.41) is 8.83. The minimum atomic E-state index is -0.117. The summed E-state index contributed by atoms with van der Waals surface area (Å²) < 4.78 is 0. The fourth-order valence-corrected chi connectivity index (χ4v) is 2.67. The molecule has 5 heteroatoms. The zero-order valence-corrected chi connectivity index (χ0v) is 13.0. The summed E-state index contributed by atoms with van der Waals surface area (Å²) >= 11 is 0. The van der Waals surface area contributed by atoms with Gasteiger partial charge in [-0.1, -0.05) is 30.3 Å². The van der Waals surface area contributed by atoms with Gasteiger partial charge in [0.15, 0.2) is 6.17 Å². The largest absolute Gasteiger partial charge is 0.386 e. The van der Waals surface area contributed by atoms with E-state index in [1.807, 2.05) is 23.3 Å². The maximum atomic E-state index is 6.11. The highest BCUT2D eigenvalue weighted by Gasteiger charge is 2.40. The smallest absolute Gasteiger partial charge is 0.230 e. The monoisotopic (exact) mass is 288 g/mol. The molecule has 2 aliphatic heterocycles. The lowest BCUT2D eigenvalue weighted by atomic mass is 10.1. The number of piperazine rings is 1. The zero-order valence-electron chi connectivity index (χ0n) is 13.0. The van der Waals surface area contributed by atoms with Crippen LogP contribution in [0.4, 0.5) is 0 Å². The molecule has 2 unspecified atom stereocenters. The zero-order chi connectivity index (χ0) is 14.9. The van der Waals surface area contributed by atoms with Gasteiger partial charge in [-0.2, -0.15) is 0 Å². The van der Waals surface area contributed by atoms with Crippen LogP contribution < -0.4 is 10.6 Å². The SMILES string of the molecule is CC(C)(C)N1OC(C2CNCCN2)=NC1c1ccccc1. The Morgan fingerprint density at radius 3 is 2.57 bits per heavy atom. The molecule has 1 fully saturated rings. The first kappa shape index (κ1) is 14.5. The van der Waals surface area contributed by atoms with Gasteiger partial charge in [0.25, 0.3) is 0 Å². The molecule has 2 N–H and O–H groups in total. The van der Waals surface area contributed by atoms with Gasteiger partial charge in [-0.25, -0.2) is 4.99 Å². The van der Waals surface area contributed by atoms with Gasteiger partial charge >= 0.3 is 0 Å². The fourth-order valence-electron chi connectivity index (χ4n) is 2.67. The van der Waals surface area contributed by atoms with E-state index in [1.165, 1.54) is 0 Å². The molecule has 0 bridgehead atoms. The van der Waals surface area contributed by atoms with Gasteiger partial charge in [0, 0.05) is 19.6 Å². The van der Waals surface area contributed by atoms with E-state index in [9.17, 15) is 0 Å². The van der Waals surface area contributed by atoms with Gasteiger partial charge in [-0.3, -0.25) is 0 Å². The van der Waals surface area contributed by atoms with Crippen molar-refractivity contribution in [3.05, 3.63) is 35.9 Å². The van der Waals surface area contributed by atoms with Crippen molar-refractivity contribution >= 4 is 5.90 Å². The Morgan fingerprint density at radius 2 is 1.95 bits per heavy atom. The van der Waals surface area contributed by atoms with Gasteiger partial charge in [-0.15, -0.1) is 5.06 Å². The molecule has 1 aromatic carbocycles. The van der Waals surface area contributed by atoms with Gasteiger partial charge in [0.2, 0.25) is 5.90 Å². The molecule has 0 amide bonds. The number of hydrogen-bond donors (Lipinski definition) is 2. The second-order valence-electron chi connectivity index (χ2n) is 6.55. The molecule has 0 spiro atoms. The number of hydrogen-bond acceptors (Lipinski definition) is 5. The number of nitrogens with zero attached hydrogens (tertiary/aromatic N) is 2. The summed E-state index contributed by atoms with van der Waals surface area (Å²) in [6.45, 7) is 9.24. The average Bonchev–Trinajstić information content (AvgIpc) is 2.94. The molecule has 2 aliphatic rings. The van der Waals surface area contributed by atoms with E-state index >= 15 is 0 Å². The van der Waals surface area contributed by atoms with Gasteiger partial charge in [0.05, 0.1) is 11.6 Å². The third kappa shape index (κ3) is 3.10. The quantitative estimate of drug-likeness (QED) is 0.869. The summed E-state index contributed by atoms with van der Waals surface area (Å²) in [7, 11) is 0. The first-order valence-corrected chi connectivity index (χ1v) is 7.60. The minimum absolute atomic E-state index is 0.0788. The normalized spacial score (nSPS) is 27.3. The van der Waals surface area contributed by atoms with Crippen LogP contribution in [0.3, 0.4) is 0 Å². The molecule has 0 aliphatic carbocycles. The second kappa shape index (κ2) is 5.75. The summed E-state index contributed by atoms with van der Waals surface area (Å²) in [4.78, 5) is 11.0. The highest BCUT2D eigenvalue weighted by molar-refractivity contribution is 5.83. The van der Waals surface area contributed by atoms with Crippen molar-refractivity contribution in [3.8, 4) is 0 Å². The predicted octanol–water partition coefficient (Wildman–Crippen LogP) is 1.69. The number of hydroxylamine groups is 2.